The number of nitrogens with one attached hydrogen (secondary N) is 4. The lowest BCUT2D eigenvalue weighted by Gasteiger charge is -2.28. The molecule has 0 aromatic carbocycles. The summed E-state index contributed by atoms with van der Waals surface area (Å²) in [6.45, 7) is 6.15. The van der Waals surface area contributed by atoms with Crippen molar-refractivity contribution in [1.29, 1.82) is 0 Å². The van der Waals surface area contributed by atoms with Crippen LogP contribution < -0.4 is 32.7 Å². The molecule has 37 heavy (non-hydrogen) atoms. The fourth-order valence-electron chi connectivity index (χ4n) is 3.17. The summed E-state index contributed by atoms with van der Waals surface area (Å²) in [6, 6.07) is -5.49. The second-order valence-electron chi connectivity index (χ2n) is 8.93. The van der Waals surface area contributed by atoms with Gasteiger partial charge < -0.3 is 42.9 Å². The lowest BCUT2D eigenvalue weighted by Crippen LogP contribution is -2.60. The highest BCUT2D eigenvalue weighted by Crippen LogP contribution is 2.10. The maximum absolute atomic E-state index is 13.0. The number of nitrogens with two attached hydrogens (primary N) is 2. The second kappa shape index (κ2) is 16.1. The molecule has 0 aromatic heterocycles. The number of rotatable bonds is 17. The molecule has 210 valence electrons. The first-order chi connectivity index (χ1) is 17.1. The summed E-state index contributed by atoms with van der Waals surface area (Å²) in [5.41, 5.74) is 10.3. The van der Waals surface area contributed by atoms with Crippen molar-refractivity contribution in [3.05, 3.63) is 0 Å². The maximum atomic E-state index is 13.0. The molecular weight excluding hydrogens is 492 g/mol. The van der Waals surface area contributed by atoms with Gasteiger partial charge in [0.25, 0.3) is 0 Å². The topological polar surface area (TPSA) is 260 Å². The van der Waals surface area contributed by atoms with E-state index in [4.69, 9.17) is 11.5 Å². The van der Waals surface area contributed by atoms with Crippen LogP contribution >= 0.6 is 0 Å². The summed E-state index contributed by atoms with van der Waals surface area (Å²) in [5.74, 6) is -7.92. The number of carbonyl (C=O) groups excluding carboxylic acids is 5. The zero-order valence-electron chi connectivity index (χ0n) is 21.4. The monoisotopic (exact) mass is 530 g/mol. The molecule has 0 saturated heterocycles. The molecule has 10 N–H and O–H groups in total. The molecule has 5 amide bonds. The molecule has 0 bridgehead atoms. The standard InChI is InChI=1S/C22H38N6O9/c1-5-11(4)18(27-15(30)9-23)21(35)26-13(8-16(31)32)19(33)28-17(10(2)3)20(34)25-12(22(36)37)6-7-14(24)29/h10-13,17-18H,5-9,23H2,1-4H3,(H2,24,29)(H,25,34)(H,26,35)(H,27,30)(H,28,33)(H,31,32)(H,36,37)/t11-,12-,13-,17-,18-/m0/s1. The van der Waals surface area contributed by atoms with Crippen LogP contribution in [0.5, 0.6) is 0 Å². The molecule has 0 aliphatic rings. The van der Waals surface area contributed by atoms with Crippen molar-refractivity contribution in [3.63, 3.8) is 0 Å². The molecule has 15 heteroatoms. The second-order valence-corrected chi connectivity index (χ2v) is 8.93. The van der Waals surface area contributed by atoms with E-state index < -0.39 is 78.0 Å². The van der Waals surface area contributed by atoms with Crippen LogP contribution in [0.3, 0.4) is 0 Å². The van der Waals surface area contributed by atoms with E-state index in [-0.39, 0.29) is 25.3 Å². The highest BCUT2D eigenvalue weighted by molar-refractivity contribution is 5.96. The van der Waals surface area contributed by atoms with E-state index in [1.54, 1.807) is 27.7 Å². The van der Waals surface area contributed by atoms with Gasteiger partial charge in [-0.05, 0) is 18.3 Å². The molecule has 15 nitrogen and oxygen atoms in total. The lowest BCUT2D eigenvalue weighted by molar-refractivity contribution is -0.144. The Morgan fingerprint density at radius 1 is 0.784 bits per heavy atom. The van der Waals surface area contributed by atoms with Crippen LogP contribution in [0.4, 0.5) is 0 Å². The molecule has 0 radical (unpaired) electrons. The van der Waals surface area contributed by atoms with Gasteiger partial charge in [0.05, 0.1) is 13.0 Å². The first kappa shape index (κ1) is 33.2. The third-order valence-corrected chi connectivity index (χ3v) is 5.55. The third kappa shape index (κ3) is 12.2. The molecule has 5 atom stereocenters. The summed E-state index contributed by atoms with van der Waals surface area (Å²) >= 11 is 0. The van der Waals surface area contributed by atoms with Gasteiger partial charge in [-0.3, -0.25) is 28.8 Å². The highest BCUT2D eigenvalue weighted by Gasteiger charge is 2.34. The van der Waals surface area contributed by atoms with Crippen LogP contribution in [-0.4, -0.2) is 82.4 Å². The Kier molecular flexibility index (Phi) is 14.5. The van der Waals surface area contributed by atoms with E-state index in [1.165, 1.54) is 0 Å². The van der Waals surface area contributed by atoms with Crippen molar-refractivity contribution in [2.24, 2.45) is 23.3 Å². The molecule has 0 aliphatic heterocycles. The van der Waals surface area contributed by atoms with Gasteiger partial charge in [-0.15, -0.1) is 0 Å². The first-order valence-electron chi connectivity index (χ1n) is 11.8. The van der Waals surface area contributed by atoms with Gasteiger partial charge in [0.2, 0.25) is 29.5 Å². The quantitative estimate of drug-likeness (QED) is 0.0972. The fraction of sp³-hybridized carbons (Fsp3) is 0.682. The third-order valence-electron chi connectivity index (χ3n) is 5.55. The molecule has 0 saturated carbocycles. The van der Waals surface area contributed by atoms with E-state index in [2.05, 4.69) is 21.3 Å². The zero-order chi connectivity index (χ0) is 28.9. The molecular formula is C22H38N6O9. The van der Waals surface area contributed by atoms with Gasteiger partial charge in [-0.2, -0.15) is 0 Å². The molecule has 0 spiro atoms. The SMILES string of the molecule is CC[C@H](C)[C@H](NC(=O)CN)C(=O)N[C@@H](CC(=O)O)C(=O)N[C@H](C(=O)N[C@@H](CCC(N)=O)C(=O)O)C(C)C. The smallest absolute Gasteiger partial charge is 0.326 e. The Hall–Kier alpha value is -3.75. The fourth-order valence-corrected chi connectivity index (χ4v) is 3.17. The van der Waals surface area contributed by atoms with E-state index in [1.807, 2.05) is 0 Å². The van der Waals surface area contributed by atoms with Crippen LogP contribution in [-0.2, 0) is 33.6 Å². The Morgan fingerprint density at radius 3 is 1.76 bits per heavy atom. The van der Waals surface area contributed by atoms with Gasteiger partial charge >= 0.3 is 11.9 Å². The molecule has 0 aromatic rings. The predicted octanol–water partition coefficient (Wildman–Crippen LogP) is -2.59. The van der Waals surface area contributed by atoms with Crippen LogP contribution in [0, 0.1) is 11.8 Å². The molecule has 0 aliphatic carbocycles. The molecule has 0 rings (SSSR count). The van der Waals surface area contributed by atoms with E-state index >= 15 is 0 Å². The minimum atomic E-state index is -1.62. The van der Waals surface area contributed by atoms with E-state index in [0.717, 1.165) is 0 Å². The summed E-state index contributed by atoms with van der Waals surface area (Å²) in [7, 11) is 0. The predicted molar refractivity (Wildman–Crippen MR) is 129 cm³/mol. The van der Waals surface area contributed by atoms with Crippen LogP contribution in [0.15, 0.2) is 0 Å². The molecule has 0 unspecified atom stereocenters. The largest absolute Gasteiger partial charge is 0.481 e. The van der Waals surface area contributed by atoms with E-state index in [0.29, 0.717) is 6.42 Å². The average molecular weight is 531 g/mol. The van der Waals surface area contributed by atoms with Crippen molar-refractivity contribution in [3.8, 4) is 0 Å². The van der Waals surface area contributed by atoms with Crippen LogP contribution in [0.1, 0.15) is 53.4 Å². The van der Waals surface area contributed by atoms with Crippen molar-refractivity contribution >= 4 is 41.5 Å². The Morgan fingerprint density at radius 2 is 1.32 bits per heavy atom. The lowest BCUT2D eigenvalue weighted by atomic mass is 9.97. The minimum absolute atomic E-state index is 0.279. The van der Waals surface area contributed by atoms with E-state index in [9.17, 15) is 43.8 Å². The minimum Gasteiger partial charge on any atom is -0.481 e. The molecule has 0 fully saturated rings. The summed E-state index contributed by atoms with van der Waals surface area (Å²) < 4.78 is 0. The Balaban J connectivity index is 5.72. The zero-order valence-corrected chi connectivity index (χ0v) is 21.4. The number of hydrogen-bond donors (Lipinski definition) is 8. The number of carbonyl (C=O) groups is 7. The maximum Gasteiger partial charge on any atom is 0.326 e. The van der Waals surface area contributed by atoms with Crippen molar-refractivity contribution in [2.45, 2.75) is 77.5 Å². The molecule has 0 heterocycles. The first-order valence-corrected chi connectivity index (χ1v) is 11.8. The van der Waals surface area contributed by atoms with Crippen LogP contribution in [0.25, 0.3) is 0 Å². The van der Waals surface area contributed by atoms with Gasteiger partial charge in [-0.25, -0.2) is 4.79 Å². The summed E-state index contributed by atoms with van der Waals surface area (Å²) in [5, 5.41) is 27.9. The number of carboxylic acid groups (broad SMARTS) is 2. The number of primary amides is 1. The number of hydrogen-bond acceptors (Lipinski definition) is 8. The van der Waals surface area contributed by atoms with Gasteiger partial charge in [-0.1, -0.05) is 34.1 Å². The van der Waals surface area contributed by atoms with Gasteiger partial charge in [0, 0.05) is 6.42 Å². The van der Waals surface area contributed by atoms with Gasteiger partial charge in [0.15, 0.2) is 0 Å². The van der Waals surface area contributed by atoms with Crippen molar-refractivity contribution < 1.29 is 43.8 Å². The Bertz CT molecular complexity index is 864. The highest BCUT2D eigenvalue weighted by atomic mass is 16.4. The Labute approximate surface area is 214 Å². The van der Waals surface area contributed by atoms with Gasteiger partial charge in [0.1, 0.15) is 24.2 Å². The summed E-state index contributed by atoms with van der Waals surface area (Å²) in [6.07, 6.45) is -0.952. The number of carboxylic acids is 2. The summed E-state index contributed by atoms with van der Waals surface area (Å²) in [4.78, 5) is 84.2. The normalized spacial score (nSPS) is 14.9. The van der Waals surface area contributed by atoms with Crippen molar-refractivity contribution in [1.82, 2.24) is 21.3 Å². The average Bonchev–Trinajstić information content (AvgIpc) is 2.80. The van der Waals surface area contributed by atoms with Crippen LogP contribution in [0.2, 0.25) is 0 Å². The number of aliphatic carboxylic acids is 2. The van der Waals surface area contributed by atoms with Crippen molar-refractivity contribution in [2.75, 3.05) is 6.54 Å². The number of amides is 5.